The highest BCUT2D eigenvalue weighted by Gasteiger charge is 2.86. The number of alkyl carbamates (subject to hydrolysis) is 1. The van der Waals surface area contributed by atoms with E-state index in [1.807, 2.05) is 0 Å². The number of halogens is 9. The predicted molar refractivity (Wildman–Crippen MR) is 106 cm³/mol. The van der Waals surface area contributed by atoms with E-state index < -0.39 is 62.8 Å². The van der Waals surface area contributed by atoms with Gasteiger partial charge in [0.15, 0.2) is 0 Å². The van der Waals surface area contributed by atoms with Gasteiger partial charge in [0, 0.05) is 6.42 Å². The summed E-state index contributed by atoms with van der Waals surface area (Å²) < 4.78 is 153. The van der Waals surface area contributed by atoms with E-state index in [1.54, 1.807) is 0 Å². The molecule has 0 aliphatic heterocycles. The Morgan fingerprint density at radius 2 is 1.38 bits per heavy atom. The molecule has 8 nitrogen and oxygen atoms in total. The molecule has 0 bridgehead atoms. The van der Waals surface area contributed by atoms with Crippen LogP contribution >= 0.6 is 0 Å². The molecule has 0 aromatic heterocycles. The van der Waals surface area contributed by atoms with Crippen molar-refractivity contribution in [1.29, 1.82) is 0 Å². The maximum Gasteiger partial charge on any atom is 0.460 e. The molecular weight excluding hydrogens is 557 g/mol. The number of carbonyl (C=O) groups is 2. The maximum absolute atomic E-state index is 13.8. The lowest BCUT2D eigenvalue weighted by Gasteiger charge is -2.32. The van der Waals surface area contributed by atoms with E-state index in [9.17, 15) is 57.5 Å². The smallest absolute Gasteiger partial charge is 0.460 e. The Balaban J connectivity index is 3.13. The van der Waals surface area contributed by atoms with Crippen LogP contribution in [0.2, 0.25) is 0 Å². The topological polar surface area (TPSA) is 108 Å². The van der Waals surface area contributed by atoms with Gasteiger partial charge in [-0.15, -0.1) is 0 Å². The van der Waals surface area contributed by atoms with E-state index in [0.29, 0.717) is 12.1 Å². The molecule has 1 amide bonds. The van der Waals surface area contributed by atoms with Crippen molar-refractivity contribution >= 4 is 22.2 Å². The highest BCUT2D eigenvalue weighted by atomic mass is 32.2. The standard InChI is InChI=1S/C19H20F9NO7S/c1-15(2,3)35-14(31)29-12(13(30)34-4)9-10-5-7-11(8-6-10)36-37(32,33)19(27,28)17(22,23)16(20,21)18(24,25)26/h5-8,12H,9H2,1-4H3,(H,29,31). The van der Waals surface area contributed by atoms with Gasteiger partial charge in [0.1, 0.15) is 17.4 Å². The number of alkyl halides is 9. The molecule has 0 spiro atoms. The minimum Gasteiger partial charge on any atom is -0.467 e. The van der Waals surface area contributed by atoms with Crippen LogP contribution in [0.15, 0.2) is 24.3 Å². The molecule has 0 heterocycles. The van der Waals surface area contributed by atoms with Crippen molar-refractivity contribution in [1.82, 2.24) is 5.32 Å². The van der Waals surface area contributed by atoms with Gasteiger partial charge in [-0.25, -0.2) is 9.59 Å². The Kier molecular flexibility index (Phi) is 9.07. The molecule has 1 aromatic carbocycles. The summed E-state index contributed by atoms with van der Waals surface area (Å²) in [4.78, 5) is 23.8. The summed E-state index contributed by atoms with van der Waals surface area (Å²) in [5.41, 5.74) is -0.880. The van der Waals surface area contributed by atoms with Crippen molar-refractivity contribution in [3.63, 3.8) is 0 Å². The SMILES string of the molecule is COC(=O)C(Cc1ccc(OS(=O)(=O)C(F)(F)C(F)(F)C(F)(F)C(F)(F)F)cc1)NC(=O)OC(C)(C)C. The van der Waals surface area contributed by atoms with Gasteiger partial charge in [-0.2, -0.15) is 47.9 Å². The number of nitrogens with one attached hydrogen (secondary N) is 1. The van der Waals surface area contributed by atoms with Gasteiger partial charge in [-0.3, -0.25) is 0 Å². The molecule has 0 saturated carbocycles. The van der Waals surface area contributed by atoms with Crippen LogP contribution in [0, 0.1) is 0 Å². The van der Waals surface area contributed by atoms with Crippen molar-refractivity contribution in [2.75, 3.05) is 7.11 Å². The number of esters is 1. The van der Waals surface area contributed by atoms with Crippen LogP contribution in [0.4, 0.5) is 44.3 Å². The molecule has 0 saturated heterocycles. The lowest BCUT2D eigenvalue weighted by Crippen LogP contribution is -2.63. The lowest BCUT2D eigenvalue weighted by atomic mass is 10.1. The van der Waals surface area contributed by atoms with Crippen LogP contribution in [-0.2, 0) is 30.8 Å². The van der Waals surface area contributed by atoms with Gasteiger partial charge >= 0.3 is 45.5 Å². The third-order valence-corrected chi connectivity index (χ3v) is 5.47. The maximum atomic E-state index is 13.8. The molecule has 0 fully saturated rings. The van der Waals surface area contributed by atoms with E-state index in [4.69, 9.17) is 4.74 Å². The zero-order valence-electron chi connectivity index (χ0n) is 19.3. The van der Waals surface area contributed by atoms with Gasteiger partial charge in [0.05, 0.1) is 7.11 Å². The summed E-state index contributed by atoms with van der Waals surface area (Å²) in [7, 11) is -6.13. The number of amides is 1. The number of benzene rings is 1. The third-order valence-electron chi connectivity index (χ3n) is 4.18. The molecule has 212 valence electrons. The zero-order chi connectivity index (χ0) is 29.3. The number of hydrogen-bond acceptors (Lipinski definition) is 7. The van der Waals surface area contributed by atoms with Gasteiger partial charge in [-0.05, 0) is 38.5 Å². The first-order valence-corrected chi connectivity index (χ1v) is 11.1. The first kappa shape index (κ1) is 32.1. The molecule has 1 rings (SSSR count). The third kappa shape index (κ3) is 7.10. The Hall–Kier alpha value is -2.92. The fourth-order valence-electron chi connectivity index (χ4n) is 2.40. The van der Waals surface area contributed by atoms with E-state index in [-0.39, 0.29) is 12.0 Å². The average Bonchev–Trinajstić information content (AvgIpc) is 2.71. The summed E-state index contributed by atoms with van der Waals surface area (Å²) in [6, 6.07) is 1.48. The molecule has 0 aliphatic rings. The van der Waals surface area contributed by atoms with Gasteiger partial charge in [0.2, 0.25) is 0 Å². The lowest BCUT2D eigenvalue weighted by molar-refractivity contribution is -0.382. The molecular formula is C19H20F9NO7S. The molecule has 1 unspecified atom stereocenters. The van der Waals surface area contributed by atoms with Gasteiger partial charge in [0.25, 0.3) is 0 Å². The summed E-state index contributed by atoms with van der Waals surface area (Å²) in [6.45, 7) is 4.57. The molecule has 0 aliphatic carbocycles. The average molecular weight is 577 g/mol. The number of rotatable bonds is 9. The first-order valence-electron chi connectivity index (χ1n) is 9.70. The molecule has 1 atom stereocenters. The van der Waals surface area contributed by atoms with Crippen LogP contribution < -0.4 is 9.50 Å². The Labute approximate surface area is 204 Å². The Morgan fingerprint density at radius 1 is 0.892 bits per heavy atom. The van der Waals surface area contributed by atoms with E-state index in [0.717, 1.165) is 19.2 Å². The Bertz CT molecular complexity index is 1080. The van der Waals surface area contributed by atoms with Crippen molar-refractivity contribution < 1.29 is 71.2 Å². The summed E-state index contributed by atoms with van der Waals surface area (Å²) in [5.74, 6) is -17.0. The molecule has 0 radical (unpaired) electrons. The van der Waals surface area contributed by atoms with Crippen LogP contribution in [0.3, 0.4) is 0 Å². The highest BCUT2D eigenvalue weighted by Crippen LogP contribution is 2.54. The van der Waals surface area contributed by atoms with E-state index in [1.165, 1.54) is 20.8 Å². The Morgan fingerprint density at radius 3 is 1.78 bits per heavy atom. The predicted octanol–water partition coefficient (Wildman–Crippen LogP) is 4.43. The molecule has 18 heteroatoms. The number of ether oxygens (including phenoxy) is 2. The van der Waals surface area contributed by atoms with Crippen molar-refractivity contribution in [2.24, 2.45) is 0 Å². The second-order valence-electron chi connectivity index (χ2n) is 8.27. The summed E-state index contributed by atoms with van der Waals surface area (Å²) >= 11 is 0. The second kappa shape index (κ2) is 10.4. The van der Waals surface area contributed by atoms with Crippen molar-refractivity contribution in [3.05, 3.63) is 29.8 Å². The first-order chi connectivity index (χ1) is 16.4. The van der Waals surface area contributed by atoms with Gasteiger partial charge in [-0.1, -0.05) is 12.1 Å². The number of methoxy groups -OCH3 is 1. The van der Waals surface area contributed by atoms with Crippen LogP contribution in [-0.4, -0.2) is 62.5 Å². The van der Waals surface area contributed by atoms with Crippen molar-refractivity contribution in [3.8, 4) is 5.75 Å². The van der Waals surface area contributed by atoms with E-state index >= 15 is 0 Å². The molecule has 37 heavy (non-hydrogen) atoms. The molecule has 1 aromatic rings. The minimum absolute atomic E-state index is 0.0666. The van der Waals surface area contributed by atoms with Crippen molar-refractivity contribution in [2.45, 2.75) is 62.1 Å². The normalized spacial score (nSPS) is 14.5. The number of carbonyl (C=O) groups excluding carboxylic acids is 2. The van der Waals surface area contributed by atoms with E-state index in [2.05, 4.69) is 14.2 Å². The largest absolute Gasteiger partial charge is 0.467 e. The monoisotopic (exact) mass is 577 g/mol. The zero-order valence-corrected chi connectivity index (χ0v) is 20.1. The fourth-order valence-corrected chi connectivity index (χ4v) is 3.31. The van der Waals surface area contributed by atoms with Crippen LogP contribution in [0.5, 0.6) is 5.75 Å². The fraction of sp³-hybridized carbons (Fsp3) is 0.579. The van der Waals surface area contributed by atoms with Gasteiger partial charge < -0.3 is 19.0 Å². The quantitative estimate of drug-likeness (QED) is 0.263. The minimum atomic E-state index is -7.45. The molecule has 1 N–H and O–H groups in total. The summed E-state index contributed by atoms with van der Waals surface area (Å²) in [5, 5.41) is -4.84. The summed E-state index contributed by atoms with van der Waals surface area (Å²) in [6.07, 6.45) is -8.63. The van der Waals surface area contributed by atoms with Crippen LogP contribution in [0.25, 0.3) is 0 Å². The number of hydrogen-bond donors (Lipinski definition) is 1. The van der Waals surface area contributed by atoms with Crippen LogP contribution in [0.1, 0.15) is 26.3 Å². The second-order valence-corrected chi connectivity index (χ2v) is 9.86. The highest BCUT2D eigenvalue weighted by molar-refractivity contribution is 7.88.